The number of anilines is 3. The van der Waals surface area contributed by atoms with Crippen LogP contribution in [0.15, 0.2) is 36.4 Å². The van der Waals surface area contributed by atoms with E-state index in [1.807, 2.05) is 6.92 Å². The SMILES string of the molecule is CCOc1cccc(Nc2nc(NN)ccc2[N+](=O)[O-])c1. The summed E-state index contributed by atoms with van der Waals surface area (Å²) in [6.45, 7) is 2.41. The van der Waals surface area contributed by atoms with Gasteiger partial charge in [-0.05, 0) is 25.1 Å². The number of nitrogens with one attached hydrogen (secondary N) is 2. The number of pyridine rings is 1. The molecule has 0 unspecified atom stereocenters. The van der Waals surface area contributed by atoms with Crippen molar-refractivity contribution < 1.29 is 9.66 Å². The predicted octanol–water partition coefficient (Wildman–Crippen LogP) is 2.42. The summed E-state index contributed by atoms with van der Waals surface area (Å²) in [5.74, 6) is 6.36. The molecule has 0 saturated carbocycles. The zero-order valence-electron chi connectivity index (χ0n) is 11.4. The lowest BCUT2D eigenvalue weighted by atomic mass is 10.3. The molecule has 4 N–H and O–H groups in total. The minimum Gasteiger partial charge on any atom is -0.494 e. The Morgan fingerprint density at radius 3 is 2.86 bits per heavy atom. The molecule has 0 spiro atoms. The van der Waals surface area contributed by atoms with Crippen molar-refractivity contribution in [2.75, 3.05) is 17.3 Å². The zero-order valence-corrected chi connectivity index (χ0v) is 11.4. The summed E-state index contributed by atoms with van der Waals surface area (Å²) in [6, 6.07) is 9.84. The number of nitrogen functional groups attached to an aromatic ring is 1. The highest BCUT2D eigenvalue weighted by atomic mass is 16.6. The van der Waals surface area contributed by atoms with Gasteiger partial charge in [-0.25, -0.2) is 10.8 Å². The van der Waals surface area contributed by atoms with E-state index in [0.717, 1.165) is 0 Å². The molecule has 1 heterocycles. The molecule has 0 atom stereocenters. The average Bonchev–Trinajstić information content (AvgIpc) is 2.47. The number of ether oxygens (including phenoxy) is 1. The van der Waals surface area contributed by atoms with Crippen molar-refractivity contribution in [3.63, 3.8) is 0 Å². The molecule has 0 saturated heterocycles. The highest BCUT2D eigenvalue weighted by molar-refractivity contribution is 5.68. The third kappa shape index (κ3) is 3.57. The summed E-state index contributed by atoms with van der Waals surface area (Å²) in [6.07, 6.45) is 0. The van der Waals surface area contributed by atoms with Crippen molar-refractivity contribution in [3.8, 4) is 5.75 Å². The first-order valence-corrected chi connectivity index (χ1v) is 6.26. The highest BCUT2D eigenvalue weighted by Crippen LogP contribution is 2.28. The molecule has 8 heteroatoms. The number of benzene rings is 1. The molecular formula is C13H15N5O3. The first-order valence-electron chi connectivity index (χ1n) is 6.26. The number of rotatable bonds is 6. The molecule has 21 heavy (non-hydrogen) atoms. The minimum atomic E-state index is -0.512. The lowest BCUT2D eigenvalue weighted by molar-refractivity contribution is -0.384. The van der Waals surface area contributed by atoms with Gasteiger partial charge in [-0.3, -0.25) is 10.1 Å². The third-order valence-electron chi connectivity index (χ3n) is 2.63. The van der Waals surface area contributed by atoms with Gasteiger partial charge in [0, 0.05) is 17.8 Å². The smallest absolute Gasteiger partial charge is 0.311 e. The van der Waals surface area contributed by atoms with Gasteiger partial charge in [0.1, 0.15) is 11.6 Å². The fourth-order valence-electron chi connectivity index (χ4n) is 1.74. The number of hydrogen-bond donors (Lipinski definition) is 3. The Balaban J connectivity index is 2.33. The van der Waals surface area contributed by atoms with Crippen LogP contribution in [-0.4, -0.2) is 16.5 Å². The third-order valence-corrected chi connectivity index (χ3v) is 2.63. The van der Waals surface area contributed by atoms with Gasteiger partial charge in [-0.15, -0.1) is 0 Å². The molecule has 0 radical (unpaired) electrons. The first-order chi connectivity index (χ1) is 10.1. The Hall–Kier alpha value is -2.87. The number of hydrogen-bond acceptors (Lipinski definition) is 7. The summed E-state index contributed by atoms with van der Waals surface area (Å²) in [5.41, 5.74) is 2.84. The van der Waals surface area contributed by atoms with E-state index in [9.17, 15) is 10.1 Å². The monoisotopic (exact) mass is 289 g/mol. The molecular weight excluding hydrogens is 274 g/mol. The molecule has 0 bridgehead atoms. The van der Waals surface area contributed by atoms with Crippen molar-refractivity contribution in [2.24, 2.45) is 5.84 Å². The van der Waals surface area contributed by atoms with Crippen LogP contribution in [0.25, 0.3) is 0 Å². The summed E-state index contributed by atoms with van der Waals surface area (Å²) < 4.78 is 5.38. The molecule has 2 aromatic rings. The highest BCUT2D eigenvalue weighted by Gasteiger charge is 2.16. The molecule has 0 aliphatic heterocycles. The average molecular weight is 289 g/mol. The fraction of sp³-hybridized carbons (Fsp3) is 0.154. The molecule has 2 rings (SSSR count). The van der Waals surface area contributed by atoms with Crippen molar-refractivity contribution in [1.29, 1.82) is 0 Å². The van der Waals surface area contributed by atoms with E-state index in [-0.39, 0.29) is 11.5 Å². The van der Waals surface area contributed by atoms with Crippen LogP contribution < -0.4 is 21.3 Å². The Bertz CT molecular complexity index is 647. The summed E-state index contributed by atoms with van der Waals surface area (Å²) >= 11 is 0. The number of hydrazine groups is 1. The molecule has 8 nitrogen and oxygen atoms in total. The van der Waals surface area contributed by atoms with Crippen LogP contribution in [0.3, 0.4) is 0 Å². The normalized spacial score (nSPS) is 10.0. The van der Waals surface area contributed by atoms with E-state index in [2.05, 4.69) is 15.7 Å². The minimum absolute atomic E-state index is 0.101. The largest absolute Gasteiger partial charge is 0.494 e. The van der Waals surface area contributed by atoms with E-state index in [4.69, 9.17) is 10.6 Å². The lowest BCUT2D eigenvalue weighted by Gasteiger charge is -2.09. The van der Waals surface area contributed by atoms with Crippen LogP contribution in [0, 0.1) is 10.1 Å². The number of nitrogens with two attached hydrogens (primary N) is 1. The quantitative estimate of drug-likeness (QED) is 0.425. The molecule has 0 aliphatic carbocycles. The standard InChI is InChI=1S/C13H15N5O3/c1-2-21-10-5-3-4-9(8-10)15-13-11(18(19)20)6-7-12(16-13)17-14/h3-8H,2,14H2,1H3,(H2,15,16,17). The van der Waals surface area contributed by atoms with Crippen molar-refractivity contribution >= 4 is 23.0 Å². The van der Waals surface area contributed by atoms with Crippen LogP contribution in [0.1, 0.15) is 6.92 Å². The fourth-order valence-corrected chi connectivity index (χ4v) is 1.74. The topological polar surface area (TPSA) is 115 Å². The number of aromatic nitrogens is 1. The van der Waals surface area contributed by atoms with Crippen molar-refractivity contribution in [3.05, 3.63) is 46.5 Å². The second kappa shape index (κ2) is 6.53. The van der Waals surface area contributed by atoms with Crippen LogP contribution in [0.2, 0.25) is 0 Å². The second-order valence-electron chi connectivity index (χ2n) is 4.05. The van der Waals surface area contributed by atoms with Gasteiger partial charge >= 0.3 is 5.69 Å². The Morgan fingerprint density at radius 1 is 1.38 bits per heavy atom. The van der Waals surface area contributed by atoms with Gasteiger partial charge in [0.25, 0.3) is 0 Å². The molecule has 1 aromatic carbocycles. The Morgan fingerprint density at radius 2 is 2.19 bits per heavy atom. The summed E-state index contributed by atoms with van der Waals surface area (Å²) in [7, 11) is 0. The number of nitro groups is 1. The molecule has 1 aromatic heterocycles. The molecule has 110 valence electrons. The van der Waals surface area contributed by atoms with Crippen LogP contribution in [0.5, 0.6) is 5.75 Å². The van der Waals surface area contributed by atoms with Crippen LogP contribution in [-0.2, 0) is 0 Å². The van der Waals surface area contributed by atoms with Crippen molar-refractivity contribution in [2.45, 2.75) is 6.92 Å². The van der Waals surface area contributed by atoms with E-state index in [1.54, 1.807) is 24.3 Å². The zero-order chi connectivity index (χ0) is 15.2. The van der Waals surface area contributed by atoms with Gasteiger partial charge in [0.2, 0.25) is 5.82 Å². The maximum atomic E-state index is 11.0. The van der Waals surface area contributed by atoms with Crippen LogP contribution in [0.4, 0.5) is 23.0 Å². The lowest BCUT2D eigenvalue weighted by Crippen LogP contribution is -2.10. The van der Waals surface area contributed by atoms with Crippen LogP contribution >= 0.6 is 0 Å². The summed E-state index contributed by atoms with van der Waals surface area (Å²) in [5, 5.41) is 13.9. The van der Waals surface area contributed by atoms with Gasteiger partial charge in [-0.2, -0.15) is 0 Å². The van der Waals surface area contributed by atoms with E-state index < -0.39 is 4.92 Å². The van der Waals surface area contributed by atoms with Gasteiger partial charge in [-0.1, -0.05) is 6.07 Å². The summed E-state index contributed by atoms with van der Waals surface area (Å²) in [4.78, 5) is 14.6. The maximum Gasteiger partial charge on any atom is 0.311 e. The second-order valence-corrected chi connectivity index (χ2v) is 4.05. The molecule has 0 fully saturated rings. The Labute approximate surface area is 121 Å². The molecule has 0 aliphatic rings. The maximum absolute atomic E-state index is 11.0. The van der Waals surface area contributed by atoms with Gasteiger partial charge < -0.3 is 15.5 Å². The molecule has 0 amide bonds. The van der Waals surface area contributed by atoms with Gasteiger partial charge in [0.15, 0.2) is 0 Å². The van der Waals surface area contributed by atoms with Gasteiger partial charge in [0.05, 0.1) is 11.5 Å². The van der Waals surface area contributed by atoms with Crippen molar-refractivity contribution in [1.82, 2.24) is 4.98 Å². The van der Waals surface area contributed by atoms with E-state index in [0.29, 0.717) is 23.9 Å². The predicted molar refractivity (Wildman–Crippen MR) is 79.6 cm³/mol. The van der Waals surface area contributed by atoms with E-state index in [1.165, 1.54) is 12.1 Å². The van der Waals surface area contributed by atoms with E-state index >= 15 is 0 Å². The number of nitrogens with zero attached hydrogens (tertiary/aromatic N) is 2. The Kier molecular flexibility index (Phi) is 4.52. The first kappa shape index (κ1) is 14.5.